The number of hydrogen-bond acceptors (Lipinski definition) is 4. The third kappa shape index (κ3) is 6.69. The third-order valence-electron chi connectivity index (χ3n) is 4.95. The van der Waals surface area contributed by atoms with Gasteiger partial charge in [-0.3, -0.25) is 0 Å². The van der Waals surface area contributed by atoms with Crippen LogP contribution in [-0.2, 0) is 17.9 Å². The van der Waals surface area contributed by atoms with Gasteiger partial charge in [-0.1, -0.05) is 42.5 Å². The lowest BCUT2D eigenvalue weighted by Gasteiger charge is -2.31. The smallest absolute Gasteiger partial charge is 0.409 e. The number of rotatable bonds is 7. The standard InChI is InChI=1S/C23H30N4O3/c1-2-29-23(28)27-13-11-20(12-14-27)26-22(24)25-16-19-9-6-10-21(15-19)30-17-18-7-4-3-5-8-18/h3-10,15,20H,2,11-14,16-17H2,1H3,(H3,24,25,26). The fourth-order valence-electron chi connectivity index (χ4n) is 3.33. The number of nitrogens with two attached hydrogens (primary N) is 1. The second-order valence-electron chi connectivity index (χ2n) is 7.23. The van der Waals surface area contributed by atoms with Crippen molar-refractivity contribution >= 4 is 12.1 Å². The molecule has 0 spiro atoms. The van der Waals surface area contributed by atoms with E-state index in [0.29, 0.717) is 38.8 Å². The van der Waals surface area contributed by atoms with Gasteiger partial charge in [-0.15, -0.1) is 0 Å². The van der Waals surface area contributed by atoms with Crippen molar-refractivity contribution in [3.63, 3.8) is 0 Å². The molecule has 1 heterocycles. The van der Waals surface area contributed by atoms with E-state index in [4.69, 9.17) is 15.2 Å². The molecule has 1 aliphatic rings. The highest BCUT2D eigenvalue weighted by Crippen LogP contribution is 2.16. The number of ether oxygens (including phenoxy) is 2. The van der Waals surface area contributed by atoms with E-state index in [9.17, 15) is 4.79 Å². The van der Waals surface area contributed by atoms with Gasteiger partial charge >= 0.3 is 6.09 Å². The van der Waals surface area contributed by atoms with E-state index in [1.54, 1.807) is 4.90 Å². The maximum absolute atomic E-state index is 11.8. The van der Waals surface area contributed by atoms with Crippen LogP contribution in [0, 0.1) is 0 Å². The highest BCUT2D eigenvalue weighted by Gasteiger charge is 2.23. The number of aliphatic imine (C=N–C) groups is 1. The number of carbonyl (C=O) groups is 1. The molecule has 0 radical (unpaired) electrons. The Hall–Kier alpha value is -3.22. The Kier molecular flexibility index (Phi) is 7.94. The van der Waals surface area contributed by atoms with Crippen molar-refractivity contribution in [2.45, 2.75) is 39.0 Å². The van der Waals surface area contributed by atoms with E-state index in [1.165, 1.54) is 0 Å². The summed E-state index contributed by atoms with van der Waals surface area (Å²) < 4.78 is 10.9. The van der Waals surface area contributed by atoms with Gasteiger partial charge in [-0.25, -0.2) is 9.79 Å². The highest BCUT2D eigenvalue weighted by atomic mass is 16.6. The van der Waals surface area contributed by atoms with E-state index in [0.717, 1.165) is 29.7 Å². The van der Waals surface area contributed by atoms with Crippen molar-refractivity contribution in [1.29, 1.82) is 0 Å². The second-order valence-corrected chi connectivity index (χ2v) is 7.23. The van der Waals surface area contributed by atoms with Crippen LogP contribution < -0.4 is 15.8 Å². The molecule has 0 atom stereocenters. The number of nitrogens with zero attached hydrogens (tertiary/aromatic N) is 2. The molecule has 2 aromatic rings. The van der Waals surface area contributed by atoms with Crippen LogP contribution in [0.4, 0.5) is 4.79 Å². The lowest BCUT2D eigenvalue weighted by atomic mass is 10.1. The number of carbonyl (C=O) groups excluding carboxylic acids is 1. The lowest BCUT2D eigenvalue weighted by molar-refractivity contribution is 0.0963. The van der Waals surface area contributed by atoms with Gasteiger partial charge in [0.15, 0.2) is 5.96 Å². The third-order valence-corrected chi connectivity index (χ3v) is 4.95. The van der Waals surface area contributed by atoms with E-state index in [-0.39, 0.29) is 12.1 Å². The molecular weight excluding hydrogens is 380 g/mol. The Morgan fingerprint density at radius 1 is 1.13 bits per heavy atom. The highest BCUT2D eigenvalue weighted by molar-refractivity contribution is 5.78. The van der Waals surface area contributed by atoms with Crippen LogP contribution in [-0.4, -0.2) is 42.7 Å². The Balaban J connectivity index is 1.44. The minimum atomic E-state index is -0.244. The zero-order valence-electron chi connectivity index (χ0n) is 17.4. The minimum Gasteiger partial charge on any atom is -0.489 e. The summed E-state index contributed by atoms with van der Waals surface area (Å²) in [4.78, 5) is 18.0. The predicted molar refractivity (Wildman–Crippen MR) is 117 cm³/mol. The van der Waals surface area contributed by atoms with Crippen LogP contribution in [0.1, 0.15) is 30.9 Å². The first kappa shape index (κ1) is 21.5. The van der Waals surface area contributed by atoms with E-state index < -0.39 is 0 Å². The molecule has 2 aromatic carbocycles. The van der Waals surface area contributed by atoms with Crippen LogP contribution in [0.2, 0.25) is 0 Å². The van der Waals surface area contributed by atoms with Gasteiger partial charge in [0.25, 0.3) is 0 Å². The predicted octanol–water partition coefficient (Wildman–Crippen LogP) is 3.29. The summed E-state index contributed by atoms with van der Waals surface area (Å²) in [6.45, 7) is 4.53. The Morgan fingerprint density at radius 3 is 2.60 bits per heavy atom. The topological polar surface area (TPSA) is 89.2 Å². The SMILES string of the molecule is CCOC(=O)N1CCC(NC(N)=NCc2cccc(OCc3ccccc3)c2)CC1. The van der Waals surface area contributed by atoms with Gasteiger partial charge in [0.1, 0.15) is 12.4 Å². The normalized spacial score (nSPS) is 15.0. The molecule has 160 valence electrons. The van der Waals surface area contributed by atoms with Gasteiger partial charge in [0, 0.05) is 19.1 Å². The summed E-state index contributed by atoms with van der Waals surface area (Å²) in [5, 5.41) is 3.26. The zero-order chi connectivity index (χ0) is 21.2. The summed E-state index contributed by atoms with van der Waals surface area (Å²) in [6.07, 6.45) is 1.39. The van der Waals surface area contributed by atoms with Crippen molar-refractivity contribution < 1.29 is 14.3 Å². The molecule has 0 aliphatic carbocycles. The van der Waals surface area contributed by atoms with Gasteiger partial charge < -0.3 is 25.4 Å². The van der Waals surface area contributed by atoms with Crippen LogP contribution in [0.3, 0.4) is 0 Å². The molecule has 7 nitrogen and oxygen atoms in total. The number of nitrogens with one attached hydrogen (secondary N) is 1. The first-order chi connectivity index (χ1) is 14.6. The molecular formula is C23H30N4O3. The molecule has 0 bridgehead atoms. The average Bonchev–Trinajstić information content (AvgIpc) is 2.78. The molecule has 30 heavy (non-hydrogen) atoms. The fourth-order valence-corrected chi connectivity index (χ4v) is 3.33. The molecule has 0 saturated carbocycles. The molecule has 1 fully saturated rings. The summed E-state index contributed by atoms with van der Waals surface area (Å²) in [5.41, 5.74) is 8.23. The second kappa shape index (κ2) is 11.1. The molecule has 3 rings (SSSR count). The maximum Gasteiger partial charge on any atom is 0.409 e. The summed E-state index contributed by atoms with van der Waals surface area (Å²) in [5.74, 6) is 1.23. The van der Waals surface area contributed by atoms with Crippen LogP contribution in [0.15, 0.2) is 59.6 Å². The van der Waals surface area contributed by atoms with Gasteiger partial charge in [-0.05, 0) is 43.0 Å². The molecule has 0 unspecified atom stereocenters. The maximum atomic E-state index is 11.8. The average molecular weight is 411 g/mol. The molecule has 7 heteroatoms. The van der Waals surface area contributed by atoms with Crippen LogP contribution in [0.5, 0.6) is 5.75 Å². The summed E-state index contributed by atoms with van der Waals surface area (Å²) in [7, 11) is 0. The first-order valence-corrected chi connectivity index (χ1v) is 10.4. The Bertz CT molecular complexity index is 833. The van der Waals surface area contributed by atoms with Crippen molar-refractivity contribution in [3.8, 4) is 5.75 Å². The Labute approximate surface area is 177 Å². The van der Waals surface area contributed by atoms with Crippen LogP contribution in [0.25, 0.3) is 0 Å². The number of guanidine groups is 1. The van der Waals surface area contributed by atoms with Crippen LogP contribution >= 0.6 is 0 Å². The van der Waals surface area contributed by atoms with Gasteiger partial charge in [0.05, 0.1) is 13.2 Å². The minimum absolute atomic E-state index is 0.208. The monoisotopic (exact) mass is 410 g/mol. The molecule has 0 aromatic heterocycles. The number of likely N-dealkylation sites (tertiary alicyclic amines) is 1. The summed E-state index contributed by atoms with van der Waals surface area (Å²) >= 11 is 0. The van der Waals surface area contributed by atoms with E-state index in [2.05, 4.69) is 10.3 Å². The van der Waals surface area contributed by atoms with Crippen molar-refractivity contribution in [2.24, 2.45) is 10.7 Å². The van der Waals surface area contributed by atoms with Crippen molar-refractivity contribution in [2.75, 3.05) is 19.7 Å². The Morgan fingerprint density at radius 2 is 1.87 bits per heavy atom. The van der Waals surface area contributed by atoms with E-state index in [1.807, 2.05) is 61.5 Å². The van der Waals surface area contributed by atoms with Gasteiger partial charge in [-0.2, -0.15) is 0 Å². The van der Waals surface area contributed by atoms with Crippen molar-refractivity contribution in [3.05, 3.63) is 65.7 Å². The first-order valence-electron chi connectivity index (χ1n) is 10.4. The lowest BCUT2D eigenvalue weighted by Crippen LogP contribution is -2.48. The number of benzene rings is 2. The quantitative estimate of drug-likeness (QED) is 0.540. The largest absolute Gasteiger partial charge is 0.489 e. The molecule has 1 amide bonds. The zero-order valence-corrected chi connectivity index (χ0v) is 17.4. The summed E-state index contributed by atoms with van der Waals surface area (Å²) in [6, 6.07) is 18.2. The number of piperidine rings is 1. The molecule has 1 aliphatic heterocycles. The number of amides is 1. The van der Waals surface area contributed by atoms with E-state index >= 15 is 0 Å². The fraction of sp³-hybridized carbons (Fsp3) is 0.391. The number of hydrogen-bond donors (Lipinski definition) is 2. The molecule has 1 saturated heterocycles. The van der Waals surface area contributed by atoms with Crippen molar-refractivity contribution in [1.82, 2.24) is 10.2 Å². The van der Waals surface area contributed by atoms with Gasteiger partial charge in [0.2, 0.25) is 0 Å². The molecule has 3 N–H and O–H groups in total.